The predicted octanol–water partition coefficient (Wildman–Crippen LogP) is 2.64. The summed E-state index contributed by atoms with van der Waals surface area (Å²) < 4.78 is 5.95. The summed E-state index contributed by atoms with van der Waals surface area (Å²) in [5.41, 5.74) is 1.12. The zero-order valence-corrected chi connectivity index (χ0v) is 20.2. The molecule has 1 aliphatic carbocycles. The lowest BCUT2D eigenvalue weighted by Crippen LogP contribution is -2.50. The van der Waals surface area contributed by atoms with Crippen molar-refractivity contribution in [1.29, 1.82) is 5.26 Å². The maximum atomic E-state index is 13.1. The van der Waals surface area contributed by atoms with E-state index in [1.54, 1.807) is 6.07 Å². The quantitative estimate of drug-likeness (QED) is 0.393. The first-order valence-corrected chi connectivity index (χ1v) is 12.4. The van der Waals surface area contributed by atoms with Gasteiger partial charge in [-0.15, -0.1) is 0 Å². The molecule has 1 saturated heterocycles. The first kappa shape index (κ1) is 24.6. The van der Waals surface area contributed by atoms with Crippen molar-refractivity contribution in [2.75, 3.05) is 13.2 Å². The normalized spacial score (nSPS) is 19.1. The first-order valence-electron chi connectivity index (χ1n) is 12.4. The zero-order chi connectivity index (χ0) is 24.9. The molecule has 1 aromatic carbocycles. The molecule has 2 fully saturated rings. The van der Waals surface area contributed by atoms with Crippen LogP contribution in [0.5, 0.6) is 5.75 Å². The topological polar surface area (TPSA) is 136 Å². The number of nitriles is 1. The molecule has 3 atom stereocenters. The van der Waals surface area contributed by atoms with Crippen molar-refractivity contribution in [3.8, 4) is 11.8 Å². The number of nitrogens with zero attached hydrogens (tertiary/aromatic N) is 1. The molecule has 2 aliphatic rings. The average molecular weight is 480 g/mol. The first-order chi connectivity index (χ1) is 16.8. The second kappa shape index (κ2) is 10.8. The molecule has 35 heavy (non-hydrogen) atoms. The minimum Gasteiger partial charge on any atom is -0.493 e. The Labute approximate surface area is 205 Å². The Morgan fingerprint density at radius 3 is 2.69 bits per heavy atom. The van der Waals surface area contributed by atoms with Crippen LogP contribution in [0.1, 0.15) is 56.4 Å². The molecule has 3 unspecified atom stereocenters. The van der Waals surface area contributed by atoms with E-state index in [2.05, 4.69) is 27.0 Å². The summed E-state index contributed by atoms with van der Waals surface area (Å²) in [5, 5.41) is 18.6. The van der Waals surface area contributed by atoms with Crippen LogP contribution in [0.3, 0.4) is 0 Å². The van der Waals surface area contributed by atoms with E-state index in [0.717, 1.165) is 16.7 Å². The molecule has 3 amide bonds. The highest BCUT2D eigenvalue weighted by Gasteiger charge is 2.30. The van der Waals surface area contributed by atoms with Crippen molar-refractivity contribution >= 4 is 28.6 Å². The molecular formula is C26H33N5O4. The van der Waals surface area contributed by atoms with Crippen LogP contribution in [0.4, 0.5) is 0 Å². The predicted molar refractivity (Wildman–Crippen MR) is 131 cm³/mol. The highest BCUT2D eigenvalue weighted by atomic mass is 16.5. The number of aromatic amines is 1. The fourth-order valence-electron chi connectivity index (χ4n) is 4.38. The van der Waals surface area contributed by atoms with Crippen LogP contribution in [0, 0.1) is 29.1 Å². The van der Waals surface area contributed by atoms with Gasteiger partial charge in [0.25, 0.3) is 5.91 Å². The number of fused-ring (bicyclic) bond motifs is 1. The Morgan fingerprint density at radius 2 is 2.03 bits per heavy atom. The van der Waals surface area contributed by atoms with Gasteiger partial charge in [-0.2, -0.15) is 5.26 Å². The van der Waals surface area contributed by atoms with E-state index >= 15 is 0 Å². The highest BCUT2D eigenvalue weighted by Crippen LogP contribution is 2.32. The Morgan fingerprint density at radius 1 is 1.23 bits per heavy atom. The highest BCUT2D eigenvalue weighted by molar-refractivity contribution is 6.01. The van der Waals surface area contributed by atoms with Crippen molar-refractivity contribution < 1.29 is 19.1 Å². The van der Waals surface area contributed by atoms with Crippen LogP contribution in [0.15, 0.2) is 24.3 Å². The van der Waals surface area contributed by atoms with Gasteiger partial charge in [-0.25, -0.2) is 0 Å². The van der Waals surface area contributed by atoms with E-state index in [9.17, 15) is 19.6 Å². The summed E-state index contributed by atoms with van der Waals surface area (Å²) in [7, 11) is 0. The standard InChI is InChI=1S/C26H33N5O4/c1-15(2)10-21(25(33)29-18(13-27)11-17-8-9-28-24(17)32)31-26(34)22-12-19-20(30-22)4-3-5-23(19)35-14-16-6-7-16/h3-5,12,15-18,21,30H,6-11,14H2,1-2H3,(H,28,32)(H,29,33)(H,31,34). The van der Waals surface area contributed by atoms with Crippen LogP contribution in [-0.2, 0) is 9.59 Å². The van der Waals surface area contributed by atoms with E-state index in [0.29, 0.717) is 37.6 Å². The van der Waals surface area contributed by atoms with Crippen LogP contribution in [-0.4, -0.2) is 47.9 Å². The molecule has 0 spiro atoms. The summed E-state index contributed by atoms with van der Waals surface area (Å²) in [6, 6.07) is 7.86. The Hall–Kier alpha value is -3.54. The van der Waals surface area contributed by atoms with E-state index in [4.69, 9.17) is 4.74 Å². The number of amides is 3. The lowest BCUT2D eigenvalue weighted by Gasteiger charge is -2.22. The number of benzene rings is 1. The summed E-state index contributed by atoms with van der Waals surface area (Å²) >= 11 is 0. The summed E-state index contributed by atoms with van der Waals surface area (Å²) in [6.07, 6.45) is 3.69. The number of H-pyrrole nitrogens is 1. The van der Waals surface area contributed by atoms with Crippen molar-refractivity contribution in [1.82, 2.24) is 20.9 Å². The van der Waals surface area contributed by atoms with Gasteiger partial charge in [0.15, 0.2) is 0 Å². The lowest BCUT2D eigenvalue weighted by molar-refractivity contribution is -0.125. The number of hydrogen-bond donors (Lipinski definition) is 4. The number of nitrogens with one attached hydrogen (secondary N) is 4. The van der Waals surface area contributed by atoms with Gasteiger partial charge in [-0.05, 0) is 62.1 Å². The van der Waals surface area contributed by atoms with Crippen LogP contribution >= 0.6 is 0 Å². The third kappa shape index (κ3) is 6.32. The number of carbonyl (C=O) groups is 3. The molecule has 4 N–H and O–H groups in total. The second-order valence-electron chi connectivity index (χ2n) is 10.0. The number of hydrogen-bond acceptors (Lipinski definition) is 5. The number of aromatic nitrogens is 1. The van der Waals surface area contributed by atoms with E-state index in [1.165, 1.54) is 12.8 Å². The van der Waals surface area contributed by atoms with E-state index in [1.807, 2.05) is 32.0 Å². The van der Waals surface area contributed by atoms with Gasteiger partial charge in [0.2, 0.25) is 11.8 Å². The third-order valence-corrected chi connectivity index (χ3v) is 6.52. The molecule has 1 saturated carbocycles. The molecule has 1 aliphatic heterocycles. The average Bonchev–Trinajstić information content (AvgIpc) is 3.41. The second-order valence-corrected chi connectivity index (χ2v) is 10.0. The monoisotopic (exact) mass is 479 g/mol. The van der Waals surface area contributed by atoms with Crippen molar-refractivity contribution in [2.45, 2.75) is 58.0 Å². The third-order valence-electron chi connectivity index (χ3n) is 6.52. The Balaban J connectivity index is 1.43. The fourth-order valence-corrected chi connectivity index (χ4v) is 4.38. The number of carbonyl (C=O) groups excluding carboxylic acids is 3. The lowest BCUT2D eigenvalue weighted by atomic mass is 9.98. The SMILES string of the molecule is CC(C)CC(NC(=O)c1cc2c(OCC3CC3)cccc2[nH]1)C(=O)NC(C#N)CC1CCNC1=O. The molecule has 2 aromatic rings. The summed E-state index contributed by atoms with van der Waals surface area (Å²) in [6.45, 7) is 5.18. The summed E-state index contributed by atoms with van der Waals surface area (Å²) in [5.74, 6) is 0.265. The van der Waals surface area contributed by atoms with Crippen LogP contribution in [0.25, 0.3) is 10.9 Å². The minimum absolute atomic E-state index is 0.0918. The van der Waals surface area contributed by atoms with Gasteiger partial charge in [0, 0.05) is 23.4 Å². The summed E-state index contributed by atoms with van der Waals surface area (Å²) in [4.78, 5) is 41.1. The molecule has 9 heteroatoms. The largest absolute Gasteiger partial charge is 0.493 e. The molecule has 0 radical (unpaired) electrons. The van der Waals surface area contributed by atoms with Crippen molar-refractivity contribution in [3.63, 3.8) is 0 Å². The van der Waals surface area contributed by atoms with Gasteiger partial charge in [0.1, 0.15) is 23.5 Å². The molecule has 186 valence electrons. The van der Waals surface area contributed by atoms with E-state index in [-0.39, 0.29) is 24.2 Å². The van der Waals surface area contributed by atoms with Gasteiger partial charge < -0.3 is 25.7 Å². The van der Waals surface area contributed by atoms with E-state index < -0.39 is 23.9 Å². The zero-order valence-electron chi connectivity index (χ0n) is 20.2. The van der Waals surface area contributed by atoms with Crippen molar-refractivity contribution in [3.05, 3.63) is 30.0 Å². The minimum atomic E-state index is -0.812. The molecule has 0 bridgehead atoms. The molecule has 4 rings (SSSR count). The molecule has 1 aromatic heterocycles. The van der Waals surface area contributed by atoms with Crippen LogP contribution in [0.2, 0.25) is 0 Å². The fraction of sp³-hybridized carbons (Fsp3) is 0.538. The molecule has 9 nitrogen and oxygen atoms in total. The van der Waals surface area contributed by atoms with Gasteiger partial charge in [-0.1, -0.05) is 19.9 Å². The van der Waals surface area contributed by atoms with Crippen LogP contribution < -0.4 is 20.7 Å². The smallest absolute Gasteiger partial charge is 0.268 e. The Kier molecular flexibility index (Phi) is 7.59. The van der Waals surface area contributed by atoms with Crippen molar-refractivity contribution in [2.24, 2.45) is 17.8 Å². The number of rotatable bonds is 11. The maximum absolute atomic E-state index is 13.1. The maximum Gasteiger partial charge on any atom is 0.268 e. The number of ether oxygens (including phenoxy) is 1. The van der Waals surface area contributed by atoms with Gasteiger partial charge >= 0.3 is 0 Å². The van der Waals surface area contributed by atoms with Gasteiger partial charge in [0.05, 0.1) is 12.7 Å². The Bertz CT molecular complexity index is 1130. The molecular weight excluding hydrogens is 446 g/mol. The molecule has 2 heterocycles. The van der Waals surface area contributed by atoms with Gasteiger partial charge in [-0.3, -0.25) is 14.4 Å².